The Kier molecular flexibility index (Phi) is 16.1. The number of rotatable bonds is 10. The Morgan fingerprint density at radius 3 is 1.55 bits per heavy atom. The number of aromatic hydroxyl groups is 6. The van der Waals surface area contributed by atoms with Crippen molar-refractivity contribution in [3.8, 4) is 34.5 Å². The third kappa shape index (κ3) is 14.4. The molecule has 2 aliphatic carbocycles. The molecule has 0 bridgehead atoms. The van der Waals surface area contributed by atoms with Crippen molar-refractivity contribution in [2.75, 3.05) is 22.5 Å². The average molecular weight is 773 g/mol. The molecule has 2 saturated carbocycles. The van der Waals surface area contributed by atoms with Crippen LogP contribution in [0.1, 0.15) is 76.2 Å². The van der Waals surface area contributed by atoms with Gasteiger partial charge in [-0.25, -0.2) is 14.4 Å². The summed E-state index contributed by atoms with van der Waals surface area (Å²) in [6.45, 7) is 2.70. The zero-order valence-electron chi connectivity index (χ0n) is 31.3. The number of unbranched alkanes of at least 4 members (excludes halogenated alkanes) is 2. The summed E-state index contributed by atoms with van der Waals surface area (Å²) in [4.78, 5) is 35.0. The third-order valence-corrected chi connectivity index (χ3v) is 9.03. The largest absolute Gasteiger partial charge is 0.508 e. The van der Waals surface area contributed by atoms with Crippen molar-refractivity contribution in [1.82, 2.24) is 16.0 Å². The molecule has 4 aromatic rings. The van der Waals surface area contributed by atoms with Crippen molar-refractivity contribution in [3.63, 3.8) is 0 Å². The summed E-state index contributed by atoms with van der Waals surface area (Å²) in [6, 6.07) is 21.4. The van der Waals surface area contributed by atoms with E-state index in [0.717, 1.165) is 51.4 Å². The first-order valence-corrected chi connectivity index (χ1v) is 18.7. The van der Waals surface area contributed by atoms with Crippen molar-refractivity contribution in [2.45, 2.75) is 82.7 Å². The smallest absolute Gasteiger partial charge is 0.319 e. The van der Waals surface area contributed by atoms with Crippen LogP contribution in [0.2, 0.25) is 0 Å². The molecule has 12 N–H and O–H groups in total. The fourth-order valence-corrected chi connectivity index (χ4v) is 5.96. The number of carbonyl (C=O) groups is 3. The molecular formula is C41H52N6O9. The average Bonchev–Trinajstić information content (AvgIpc) is 3.94. The van der Waals surface area contributed by atoms with Crippen LogP contribution in [0.15, 0.2) is 84.9 Å². The van der Waals surface area contributed by atoms with E-state index < -0.39 is 0 Å². The highest BCUT2D eigenvalue weighted by atomic mass is 16.3. The molecule has 4 aromatic carbocycles. The minimum absolute atomic E-state index is 0.0364. The molecule has 0 radical (unpaired) electrons. The van der Waals surface area contributed by atoms with Crippen LogP contribution in [0.4, 0.5) is 31.4 Å². The molecule has 2 aliphatic rings. The van der Waals surface area contributed by atoms with E-state index in [1.165, 1.54) is 66.6 Å². The molecule has 6 rings (SSSR count). The summed E-state index contributed by atoms with van der Waals surface area (Å²) in [7, 11) is 0. The molecule has 300 valence electrons. The van der Waals surface area contributed by atoms with Crippen LogP contribution in [-0.4, -0.2) is 67.4 Å². The van der Waals surface area contributed by atoms with Crippen molar-refractivity contribution >= 4 is 35.2 Å². The second-order valence-corrected chi connectivity index (χ2v) is 13.6. The zero-order valence-corrected chi connectivity index (χ0v) is 31.3. The molecular weight excluding hydrogens is 720 g/mol. The van der Waals surface area contributed by atoms with Crippen molar-refractivity contribution in [3.05, 3.63) is 90.5 Å². The Hall–Kier alpha value is -6.51. The summed E-state index contributed by atoms with van der Waals surface area (Å²) in [5.41, 5.74) is 2.05. The molecule has 56 heavy (non-hydrogen) atoms. The van der Waals surface area contributed by atoms with Gasteiger partial charge in [0.2, 0.25) is 0 Å². The number of phenolic OH excluding ortho intramolecular Hbond substituents is 6. The molecule has 0 aromatic heterocycles. The summed E-state index contributed by atoms with van der Waals surface area (Å²) in [6.07, 6.45) is 9.57. The Morgan fingerprint density at radius 2 is 1.07 bits per heavy atom. The van der Waals surface area contributed by atoms with E-state index >= 15 is 0 Å². The first-order valence-electron chi connectivity index (χ1n) is 18.7. The molecule has 0 spiro atoms. The van der Waals surface area contributed by atoms with Gasteiger partial charge in [-0.15, -0.1) is 0 Å². The lowest BCUT2D eigenvalue weighted by Crippen LogP contribution is -2.39. The number of benzene rings is 4. The van der Waals surface area contributed by atoms with Crippen molar-refractivity contribution in [1.29, 1.82) is 0 Å². The van der Waals surface area contributed by atoms with E-state index in [9.17, 15) is 34.8 Å². The molecule has 2 fully saturated rings. The highest BCUT2D eigenvalue weighted by Crippen LogP contribution is 2.40. The van der Waals surface area contributed by atoms with Crippen molar-refractivity contribution < 1.29 is 45.0 Å². The van der Waals surface area contributed by atoms with Gasteiger partial charge in [-0.3, -0.25) is 0 Å². The van der Waals surface area contributed by atoms with E-state index in [1.807, 2.05) is 18.2 Å². The number of carbonyl (C=O) groups excluding carboxylic acids is 3. The number of hydrogen-bond donors (Lipinski definition) is 12. The standard InChI is InChI=1S/C16H16N2O3.C13H18N2O3.C12H18N2O3/c19-11-6-7-13(15(20)8-11)17-16(21)18-14-9-12(14)10-4-2-1-3-5-10;16-10-6-7-11(12(17)8-10)15-13(18)14-9-4-2-1-3-5-9;1-2-3-4-7-13-12(17)14-10-6-5-9(15)8-11(10)16/h1-8,12,14,19-20H,9H2,(H2,17,18,21);6-9,16-17H,1-5H2,(H2,14,15,18);5-6,8,15-16H,2-4,7H2,1H3,(H2,13,14,17). The van der Waals surface area contributed by atoms with E-state index in [4.69, 9.17) is 10.2 Å². The molecule has 15 heteroatoms. The van der Waals surface area contributed by atoms with Gasteiger partial charge in [0.1, 0.15) is 34.5 Å². The number of amides is 6. The lowest BCUT2D eigenvalue weighted by Gasteiger charge is -2.22. The fraction of sp³-hybridized carbons (Fsp3) is 0.341. The maximum absolute atomic E-state index is 11.9. The van der Waals surface area contributed by atoms with E-state index in [-0.39, 0.29) is 76.0 Å². The van der Waals surface area contributed by atoms with Crippen LogP contribution >= 0.6 is 0 Å². The van der Waals surface area contributed by atoms with Gasteiger partial charge in [0.05, 0.1) is 17.1 Å². The number of phenols is 6. The van der Waals surface area contributed by atoms with Gasteiger partial charge in [0.15, 0.2) is 0 Å². The normalized spacial score (nSPS) is 15.7. The monoisotopic (exact) mass is 772 g/mol. The number of nitrogens with one attached hydrogen (secondary N) is 6. The van der Waals surface area contributed by atoms with Crippen LogP contribution in [0.5, 0.6) is 34.5 Å². The first-order chi connectivity index (χ1) is 26.9. The van der Waals surface area contributed by atoms with Crippen LogP contribution in [0.25, 0.3) is 0 Å². The van der Waals surface area contributed by atoms with Gasteiger partial charge in [0, 0.05) is 42.7 Å². The summed E-state index contributed by atoms with van der Waals surface area (Å²) < 4.78 is 0. The topological polar surface area (TPSA) is 245 Å². The maximum atomic E-state index is 11.9. The van der Waals surface area contributed by atoms with Gasteiger partial charge in [0.25, 0.3) is 0 Å². The van der Waals surface area contributed by atoms with Gasteiger partial charge in [-0.05, 0) is 67.6 Å². The minimum Gasteiger partial charge on any atom is -0.508 e. The van der Waals surface area contributed by atoms with Gasteiger partial charge >= 0.3 is 18.1 Å². The predicted molar refractivity (Wildman–Crippen MR) is 215 cm³/mol. The lowest BCUT2D eigenvalue weighted by molar-refractivity contribution is 0.244. The summed E-state index contributed by atoms with van der Waals surface area (Å²) >= 11 is 0. The maximum Gasteiger partial charge on any atom is 0.319 e. The molecule has 15 nitrogen and oxygen atoms in total. The van der Waals surface area contributed by atoms with E-state index in [2.05, 4.69) is 51.0 Å². The molecule has 6 amide bonds. The Balaban J connectivity index is 0.000000188. The SMILES string of the molecule is CCCCCNC(=O)Nc1ccc(O)cc1O.O=C(Nc1ccc(O)cc1O)NC1CC1c1ccccc1.O=C(Nc1ccc(O)cc1O)NC1CCCCC1. The molecule has 2 atom stereocenters. The van der Waals surface area contributed by atoms with Gasteiger partial charge in [-0.1, -0.05) is 69.4 Å². The highest BCUT2D eigenvalue weighted by molar-refractivity contribution is 5.92. The predicted octanol–water partition coefficient (Wildman–Crippen LogP) is 7.74. The van der Waals surface area contributed by atoms with Crippen molar-refractivity contribution in [2.24, 2.45) is 0 Å². The first kappa shape index (κ1) is 42.2. The number of anilines is 3. The summed E-state index contributed by atoms with van der Waals surface area (Å²) in [5.74, 6) is -0.250. The second kappa shape index (κ2) is 21.4. The Bertz CT molecular complexity index is 1890. The molecule has 0 heterocycles. The number of urea groups is 3. The van der Waals surface area contributed by atoms with E-state index in [1.54, 1.807) is 0 Å². The lowest BCUT2D eigenvalue weighted by atomic mass is 9.96. The third-order valence-electron chi connectivity index (χ3n) is 9.03. The molecule has 2 unspecified atom stereocenters. The highest BCUT2D eigenvalue weighted by Gasteiger charge is 2.39. The Morgan fingerprint density at radius 1 is 0.589 bits per heavy atom. The van der Waals surface area contributed by atoms with Crippen LogP contribution in [0.3, 0.4) is 0 Å². The van der Waals surface area contributed by atoms with Crippen LogP contribution in [0, 0.1) is 0 Å². The molecule has 0 aliphatic heterocycles. The van der Waals surface area contributed by atoms with Gasteiger partial charge in [-0.2, -0.15) is 0 Å². The fourth-order valence-electron chi connectivity index (χ4n) is 5.96. The second-order valence-electron chi connectivity index (χ2n) is 13.6. The summed E-state index contributed by atoms with van der Waals surface area (Å²) in [5, 5.41) is 72.1. The van der Waals surface area contributed by atoms with Crippen LogP contribution in [-0.2, 0) is 0 Å². The number of hydrogen-bond acceptors (Lipinski definition) is 9. The molecule has 0 saturated heterocycles. The Labute approximate surface area is 325 Å². The van der Waals surface area contributed by atoms with Crippen LogP contribution < -0.4 is 31.9 Å². The van der Waals surface area contributed by atoms with E-state index in [0.29, 0.717) is 18.2 Å². The minimum atomic E-state index is -0.362. The quantitative estimate of drug-likeness (QED) is 0.0428. The zero-order chi connectivity index (χ0) is 40.5. The van der Waals surface area contributed by atoms with Gasteiger partial charge < -0.3 is 62.5 Å².